The van der Waals surface area contributed by atoms with Crippen LogP contribution < -0.4 is 20.4 Å². The number of imide groups is 1. The Labute approximate surface area is 387 Å². The second-order valence-electron chi connectivity index (χ2n) is 19.0. The number of fused-ring (bicyclic) bond motifs is 3. The van der Waals surface area contributed by atoms with Gasteiger partial charge in [-0.05, 0) is 125 Å². The predicted molar refractivity (Wildman–Crippen MR) is 247 cm³/mol. The number of piperidine rings is 3. The minimum absolute atomic E-state index is 0.0364. The van der Waals surface area contributed by atoms with Gasteiger partial charge in [-0.1, -0.05) is 0 Å². The Morgan fingerprint density at radius 1 is 0.925 bits per heavy atom. The molecule has 4 aliphatic heterocycles. The maximum atomic E-state index is 14.8. The van der Waals surface area contributed by atoms with Crippen LogP contribution in [-0.4, -0.2) is 97.6 Å². The number of benzene rings is 2. The van der Waals surface area contributed by atoms with Crippen LogP contribution in [0.25, 0.3) is 22.0 Å². The first-order chi connectivity index (χ1) is 32.4. The molecular weight excluding hydrogens is 859 g/mol. The minimum Gasteiger partial charge on any atom is -0.371 e. The van der Waals surface area contributed by atoms with E-state index >= 15 is 0 Å². The third-order valence-electron chi connectivity index (χ3n) is 14.8. The highest BCUT2D eigenvalue weighted by atomic mass is 19.3. The highest BCUT2D eigenvalue weighted by Crippen LogP contribution is 2.45. The van der Waals surface area contributed by atoms with Gasteiger partial charge >= 0.3 is 0 Å². The lowest BCUT2D eigenvalue weighted by atomic mass is 9.84. The summed E-state index contributed by atoms with van der Waals surface area (Å²) in [5.41, 5.74) is 6.86. The summed E-state index contributed by atoms with van der Waals surface area (Å²) in [5.74, 6) is -0.0852. The molecule has 0 bridgehead atoms. The number of halogens is 2. The third kappa shape index (κ3) is 8.68. The van der Waals surface area contributed by atoms with Crippen molar-refractivity contribution < 1.29 is 32.8 Å². The van der Waals surface area contributed by atoms with Crippen molar-refractivity contribution in [2.24, 2.45) is 18.9 Å². The zero-order valence-corrected chi connectivity index (χ0v) is 38.0. The van der Waals surface area contributed by atoms with Gasteiger partial charge in [0.15, 0.2) is 5.82 Å². The van der Waals surface area contributed by atoms with E-state index in [9.17, 15) is 32.8 Å². The van der Waals surface area contributed by atoms with Gasteiger partial charge in [-0.15, -0.1) is 0 Å². The smallest absolute Gasteiger partial charge is 0.264 e. The molecule has 2 N–H and O–H groups in total. The monoisotopic (exact) mass is 914 g/mol. The fraction of sp³-hybridized carbons (Fsp3) is 0.480. The summed E-state index contributed by atoms with van der Waals surface area (Å²) in [6.45, 7) is 5.02. The number of alkyl halides is 2. The molecule has 350 valence electrons. The number of anilines is 3. The van der Waals surface area contributed by atoms with Crippen LogP contribution in [0, 0.1) is 11.8 Å². The van der Waals surface area contributed by atoms with Gasteiger partial charge < -0.3 is 20.0 Å². The molecule has 1 aliphatic carbocycles. The van der Waals surface area contributed by atoms with Gasteiger partial charge in [-0.3, -0.25) is 43.6 Å². The molecule has 67 heavy (non-hydrogen) atoms. The van der Waals surface area contributed by atoms with Crippen molar-refractivity contribution in [3.8, 4) is 11.1 Å². The molecule has 2 aromatic carbocycles. The van der Waals surface area contributed by atoms with Crippen molar-refractivity contribution in [2.75, 3.05) is 42.5 Å². The van der Waals surface area contributed by atoms with Crippen LogP contribution in [0.15, 0.2) is 55.0 Å². The molecule has 2 atom stereocenters. The number of likely N-dealkylation sites (tertiary alicyclic amines) is 1. The largest absolute Gasteiger partial charge is 0.371 e. The fourth-order valence-electron chi connectivity index (χ4n) is 11.1. The van der Waals surface area contributed by atoms with Crippen LogP contribution >= 0.6 is 0 Å². The normalized spacial score (nSPS) is 20.5. The Morgan fingerprint density at radius 2 is 1.73 bits per heavy atom. The molecule has 3 saturated heterocycles. The van der Waals surface area contributed by atoms with Crippen molar-refractivity contribution in [1.82, 2.24) is 40.1 Å². The summed E-state index contributed by atoms with van der Waals surface area (Å²) in [7, 11) is 1.78. The van der Waals surface area contributed by atoms with E-state index in [1.807, 2.05) is 29.2 Å². The van der Waals surface area contributed by atoms with Gasteiger partial charge in [0.25, 0.3) is 12.3 Å². The lowest BCUT2D eigenvalue weighted by Crippen LogP contribution is -2.52. The van der Waals surface area contributed by atoms with Crippen LogP contribution in [0.4, 0.5) is 26.0 Å². The number of aromatic nitrogens is 5. The summed E-state index contributed by atoms with van der Waals surface area (Å²) in [6.07, 6.45) is 10.0. The molecule has 5 aliphatic rings. The molecule has 15 nitrogen and oxygen atoms in total. The topological polar surface area (TPSA) is 168 Å². The Kier molecular flexibility index (Phi) is 12.1. The van der Waals surface area contributed by atoms with Crippen LogP contribution in [0.2, 0.25) is 0 Å². The number of hydrogen-bond donors (Lipinski definition) is 2. The maximum Gasteiger partial charge on any atom is 0.264 e. The lowest BCUT2D eigenvalue weighted by molar-refractivity contribution is -0.135. The fourth-order valence-corrected chi connectivity index (χ4v) is 11.1. The molecule has 3 aromatic heterocycles. The van der Waals surface area contributed by atoms with Gasteiger partial charge in [-0.25, -0.2) is 8.78 Å². The highest BCUT2D eigenvalue weighted by molar-refractivity contribution is 6.10. The Bertz CT molecular complexity index is 2770. The first-order valence-electron chi connectivity index (χ1n) is 23.8. The number of rotatable bonds is 10. The summed E-state index contributed by atoms with van der Waals surface area (Å²) < 4.78 is 33.3. The molecular formula is C50H56F2N10O5. The number of carbonyl (C=O) groups excluding carboxylic acids is 5. The van der Waals surface area contributed by atoms with Crippen LogP contribution in [-0.2, 0) is 45.5 Å². The molecule has 4 amide bonds. The van der Waals surface area contributed by atoms with E-state index in [0.717, 1.165) is 97.4 Å². The number of nitrogens with one attached hydrogen (secondary N) is 2. The molecule has 5 aromatic rings. The van der Waals surface area contributed by atoms with Crippen molar-refractivity contribution in [3.63, 3.8) is 0 Å². The average Bonchev–Trinajstić information content (AvgIpc) is 3.95. The standard InChI is InChI=1S/C50H56F2N10O5/c1-29(63)31-7-10-42-39(24-31)48(61-18-4-5-32-25-37(33-27-54-58(2)28-33)38(47(51)52)26-43(32)61)57-62(42)34-15-21-60(22-16-34)45(65)23-30-13-19-59(20-14-30)41-11-8-36(46-35(41)6-3-17-53-46)49(66)55-40-9-12-44(64)56-50(40)67/h3,6,8,11,17,25-28,30-31,34,40,47H,4-5,7,9-10,12-16,18-24H2,1-2H3,(H,55,66)(H,56,64,67). The van der Waals surface area contributed by atoms with Gasteiger partial charge in [0.1, 0.15) is 11.8 Å². The second kappa shape index (κ2) is 18.3. The Balaban J connectivity index is 0.798. The number of nitrogens with zero attached hydrogens (tertiary/aromatic N) is 8. The van der Waals surface area contributed by atoms with Crippen molar-refractivity contribution >= 4 is 57.5 Å². The second-order valence-corrected chi connectivity index (χ2v) is 19.0. The van der Waals surface area contributed by atoms with E-state index in [4.69, 9.17) is 5.10 Å². The van der Waals surface area contributed by atoms with E-state index < -0.39 is 24.3 Å². The van der Waals surface area contributed by atoms with E-state index in [-0.39, 0.29) is 53.9 Å². The predicted octanol–water partition coefficient (Wildman–Crippen LogP) is 6.55. The SMILES string of the molecule is CC(=O)C1CCc2c(c(N3CCCc4cc(-c5cnn(C)c5)c(C(F)F)cc43)nn2C2CCN(C(=O)CC3CCN(c4ccc(C(=O)NC5CCC(=O)NC5=O)c5ncccc45)CC3)CC2)C1. The first kappa shape index (κ1) is 44.3. The number of ketones is 1. The molecule has 0 spiro atoms. The number of amides is 4. The van der Waals surface area contributed by atoms with Gasteiger partial charge in [-0.2, -0.15) is 10.2 Å². The zero-order valence-electron chi connectivity index (χ0n) is 38.0. The number of pyridine rings is 1. The molecule has 10 rings (SSSR count). The minimum atomic E-state index is -2.68. The third-order valence-corrected chi connectivity index (χ3v) is 14.8. The molecule has 3 fully saturated rings. The van der Waals surface area contributed by atoms with Gasteiger partial charge in [0.2, 0.25) is 17.7 Å². The van der Waals surface area contributed by atoms with Crippen molar-refractivity contribution in [1.29, 1.82) is 0 Å². The Hall–Kier alpha value is -6.52. The van der Waals surface area contributed by atoms with Gasteiger partial charge in [0, 0.05) is 110 Å². The van der Waals surface area contributed by atoms with Crippen LogP contribution in [0.3, 0.4) is 0 Å². The molecule has 0 radical (unpaired) electrons. The van der Waals surface area contributed by atoms with E-state index in [0.29, 0.717) is 61.1 Å². The van der Waals surface area contributed by atoms with E-state index in [1.165, 1.54) is 0 Å². The lowest BCUT2D eigenvalue weighted by Gasteiger charge is -2.36. The molecule has 7 heterocycles. The summed E-state index contributed by atoms with van der Waals surface area (Å²) in [4.78, 5) is 74.9. The maximum absolute atomic E-state index is 14.8. The van der Waals surface area contributed by atoms with Gasteiger partial charge in [0.05, 0.1) is 23.3 Å². The number of aryl methyl sites for hydroxylation is 2. The number of hydrogen-bond acceptors (Lipinski definition) is 10. The quantitative estimate of drug-likeness (QED) is 0.147. The van der Waals surface area contributed by atoms with Crippen LogP contribution in [0.1, 0.15) is 110 Å². The first-order valence-corrected chi connectivity index (χ1v) is 23.8. The summed E-state index contributed by atoms with van der Waals surface area (Å²) in [6, 6.07) is 10.3. The molecule has 2 unspecified atom stereocenters. The van der Waals surface area contributed by atoms with Crippen molar-refractivity contribution in [2.45, 2.75) is 102 Å². The number of Topliss-reactive ketones (excluding diaryl/α,β-unsaturated/α-hetero) is 1. The average molecular weight is 915 g/mol. The zero-order chi connectivity index (χ0) is 46.5. The number of carbonyl (C=O) groups is 5. The van der Waals surface area contributed by atoms with Crippen LogP contribution in [0.5, 0.6) is 0 Å². The molecule has 17 heteroatoms. The highest BCUT2D eigenvalue weighted by Gasteiger charge is 2.37. The summed E-state index contributed by atoms with van der Waals surface area (Å²) in [5, 5.41) is 15.4. The summed E-state index contributed by atoms with van der Waals surface area (Å²) >= 11 is 0. The van der Waals surface area contributed by atoms with E-state index in [2.05, 4.69) is 35.2 Å². The Morgan fingerprint density at radius 3 is 2.46 bits per heavy atom. The van der Waals surface area contributed by atoms with E-state index in [1.54, 1.807) is 49.4 Å². The molecule has 0 saturated carbocycles. The van der Waals surface area contributed by atoms with Crippen molar-refractivity contribution in [3.05, 3.63) is 82.9 Å².